The first-order valence-electron chi connectivity index (χ1n) is 10.2. The predicted molar refractivity (Wildman–Crippen MR) is 118 cm³/mol. The van der Waals surface area contributed by atoms with Crippen molar-refractivity contribution >= 4 is 33.2 Å². The molecular weight excluding hydrogens is 440 g/mol. The number of benzene rings is 2. The van der Waals surface area contributed by atoms with Gasteiger partial charge in [0.05, 0.1) is 23.2 Å². The van der Waals surface area contributed by atoms with Crippen molar-refractivity contribution in [3.8, 4) is 0 Å². The Balaban J connectivity index is 1.87. The third-order valence-corrected chi connectivity index (χ3v) is 6.55. The quantitative estimate of drug-likeness (QED) is 0.709. The summed E-state index contributed by atoms with van der Waals surface area (Å²) in [7, 11) is -4.02. The fourth-order valence-corrected chi connectivity index (χ4v) is 4.88. The molecule has 0 aromatic heterocycles. The molecule has 1 saturated heterocycles. The predicted octanol–water partition coefficient (Wildman–Crippen LogP) is 3.38. The van der Waals surface area contributed by atoms with Crippen LogP contribution in [0.4, 0.5) is 20.2 Å². The molecule has 1 N–H and O–H groups in total. The normalized spacial score (nSPS) is 15.2. The van der Waals surface area contributed by atoms with Crippen LogP contribution in [0.15, 0.2) is 42.5 Å². The smallest absolute Gasteiger partial charge is 0.255 e. The largest absolute Gasteiger partial charge is 0.339 e. The number of anilines is 2. The average Bonchev–Trinajstić information content (AvgIpc) is 2.76. The van der Waals surface area contributed by atoms with Gasteiger partial charge in [0.1, 0.15) is 6.04 Å². The number of amides is 2. The average molecular weight is 466 g/mol. The SMILES string of the molecule is C[C@H](C(=O)Nc1ccccc1C(=O)N1CCCCC1)N(c1ccc(F)c(F)c1)S(C)(=O)=O. The highest BCUT2D eigenvalue weighted by molar-refractivity contribution is 7.92. The van der Waals surface area contributed by atoms with E-state index in [1.165, 1.54) is 6.92 Å². The number of hydrogen-bond donors (Lipinski definition) is 1. The maximum Gasteiger partial charge on any atom is 0.255 e. The summed E-state index contributed by atoms with van der Waals surface area (Å²) in [5.41, 5.74) is 0.360. The van der Waals surface area contributed by atoms with Crippen molar-refractivity contribution in [1.29, 1.82) is 0 Å². The van der Waals surface area contributed by atoms with Crippen molar-refractivity contribution < 1.29 is 26.8 Å². The van der Waals surface area contributed by atoms with E-state index in [2.05, 4.69) is 5.32 Å². The summed E-state index contributed by atoms with van der Waals surface area (Å²) in [5, 5.41) is 2.62. The number of carbonyl (C=O) groups excluding carboxylic acids is 2. The highest BCUT2D eigenvalue weighted by atomic mass is 32.2. The zero-order valence-electron chi connectivity index (χ0n) is 17.8. The van der Waals surface area contributed by atoms with E-state index in [0.717, 1.165) is 37.7 Å². The van der Waals surface area contributed by atoms with Gasteiger partial charge < -0.3 is 10.2 Å². The zero-order chi connectivity index (χ0) is 23.5. The van der Waals surface area contributed by atoms with Crippen LogP contribution in [0.5, 0.6) is 0 Å². The molecule has 2 amide bonds. The van der Waals surface area contributed by atoms with Gasteiger partial charge in [0.15, 0.2) is 11.6 Å². The third kappa shape index (κ3) is 5.24. The van der Waals surface area contributed by atoms with E-state index >= 15 is 0 Å². The minimum Gasteiger partial charge on any atom is -0.339 e. The van der Waals surface area contributed by atoms with Crippen molar-refractivity contribution in [2.45, 2.75) is 32.2 Å². The molecule has 2 aromatic carbocycles. The van der Waals surface area contributed by atoms with E-state index in [4.69, 9.17) is 0 Å². The van der Waals surface area contributed by atoms with Crippen molar-refractivity contribution in [2.75, 3.05) is 29.0 Å². The molecule has 10 heteroatoms. The second-order valence-corrected chi connectivity index (χ2v) is 9.58. The van der Waals surface area contributed by atoms with E-state index in [9.17, 15) is 26.8 Å². The summed E-state index contributed by atoms with van der Waals surface area (Å²) < 4.78 is 52.5. The monoisotopic (exact) mass is 465 g/mol. The maximum atomic E-state index is 13.7. The Hall–Kier alpha value is -3.01. The van der Waals surface area contributed by atoms with E-state index in [1.807, 2.05) is 0 Å². The molecule has 1 fully saturated rings. The number of nitrogens with zero attached hydrogens (tertiary/aromatic N) is 2. The molecule has 1 atom stereocenters. The fourth-order valence-electron chi connectivity index (χ4n) is 3.71. The maximum absolute atomic E-state index is 13.7. The van der Waals surface area contributed by atoms with Crippen LogP contribution in [0.3, 0.4) is 0 Å². The summed E-state index contributed by atoms with van der Waals surface area (Å²) in [4.78, 5) is 27.6. The molecule has 0 spiro atoms. The molecule has 7 nitrogen and oxygen atoms in total. The first-order chi connectivity index (χ1) is 15.1. The summed E-state index contributed by atoms with van der Waals surface area (Å²) in [6.45, 7) is 2.59. The molecule has 0 saturated carbocycles. The number of rotatable bonds is 6. The molecule has 0 radical (unpaired) electrons. The Kier molecular flexibility index (Phi) is 7.12. The molecule has 0 unspecified atom stereocenters. The lowest BCUT2D eigenvalue weighted by Gasteiger charge is -2.29. The Morgan fingerprint density at radius 3 is 2.31 bits per heavy atom. The number of hydrogen-bond acceptors (Lipinski definition) is 4. The van der Waals surface area contributed by atoms with Gasteiger partial charge in [-0.15, -0.1) is 0 Å². The van der Waals surface area contributed by atoms with Crippen LogP contribution in [0.1, 0.15) is 36.5 Å². The van der Waals surface area contributed by atoms with Crippen molar-refractivity contribution in [1.82, 2.24) is 4.90 Å². The van der Waals surface area contributed by atoms with Gasteiger partial charge in [-0.05, 0) is 50.5 Å². The summed E-state index contributed by atoms with van der Waals surface area (Å²) >= 11 is 0. The molecule has 1 aliphatic rings. The Bertz CT molecular complexity index is 1120. The molecular formula is C22H25F2N3O4S. The van der Waals surface area contributed by atoms with Gasteiger partial charge in [-0.1, -0.05) is 12.1 Å². The van der Waals surface area contributed by atoms with E-state index in [1.54, 1.807) is 29.2 Å². The molecule has 3 rings (SSSR count). The van der Waals surface area contributed by atoms with Gasteiger partial charge in [-0.2, -0.15) is 0 Å². The van der Waals surface area contributed by atoms with E-state index in [0.29, 0.717) is 29.0 Å². The molecule has 2 aromatic rings. The van der Waals surface area contributed by atoms with Gasteiger partial charge in [-0.25, -0.2) is 17.2 Å². The summed E-state index contributed by atoms with van der Waals surface area (Å²) in [5.74, 6) is -3.31. The zero-order valence-corrected chi connectivity index (χ0v) is 18.7. The first-order valence-corrected chi connectivity index (χ1v) is 12.1. The van der Waals surface area contributed by atoms with Crippen LogP contribution in [-0.2, 0) is 14.8 Å². The van der Waals surface area contributed by atoms with E-state index < -0.39 is 33.6 Å². The number of piperidine rings is 1. The number of sulfonamides is 1. The van der Waals surface area contributed by atoms with Crippen LogP contribution in [0.25, 0.3) is 0 Å². The minimum absolute atomic E-state index is 0.188. The molecule has 172 valence electrons. The number of halogens is 2. The Morgan fingerprint density at radius 1 is 1.03 bits per heavy atom. The summed E-state index contributed by atoms with van der Waals surface area (Å²) in [6, 6.07) is 7.78. The standard InChI is InChI=1S/C22H25F2N3O4S/c1-15(27(32(2,30)31)16-10-11-18(23)19(24)14-16)21(28)25-20-9-5-4-8-17(20)22(29)26-12-6-3-7-13-26/h4-5,8-11,14-15H,3,6-7,12-13H2,1-2H3,(H,25,28)/t15-/m1/s1. The van der Waals surface area contributed by atoms with Crippen LogP contribution < -0.4 is 9.62 Å². The Labute approximate surface area is 186 Å². The van der Waals surface area contributed by atoms with Gasteiger partial charge in [-0.3, -0.25) is 13.9 Å². The topological polar surface area (TPSA) is 86.8 Å². The molecule has 1 heterocycles. The fraction of sp³-hybridized carbons (Fsp3) is 0.364. The number of carbonyl (C=O) groups is 2. The number of likely N-dealkylation sites (tertiary alicyclic amines) is 1. The molecule has 32 heavy (non-hydrogen) atoms. The van der Waals surface area contributed by atoms with Crippen LogP contribution in [-0.4, -0.2) is 50.5 Å². The second-order valence-electron chi connectivity index (χ2n) is 7.72. The van der Waals surface area contributed by atoms with Gasteiger partial charge >= 0.3 is 0 Å². The highest BCUT2D eigenvalue weighted by Gasteiger charge is 2.31. The molecule has 0 aliphatic carbocycles. The molecule has 0 bridgehead atoms. The van der Waals surface area contributed by atoms with Gasteiger partial charge in [0, 0.05) is 19.2 Å². The van der Waals surface area contributed by atoms with Crippen molar-refractivity contribution in [3.63, 3.8) is 0 Å². The lowest BCUT2D eigenvalue weighted by molar-refractivity contribution is -0.116. The van der Waals surface area contributed by atoms with Crippen molar-refractivity contribution in [3.05, 3.63) is 59.7 Å². The minimum atomic E-state index is -4.02. The van der Waals surface area contributed by atoms with Crippen molar-refractivity contribution in [2.24, 2.45) is 0 Å². The van der Waals surface area contributed by atoms with E-state index in [-0.39, 0.29) is 17.3 Å². The number of para-hydroxylation sites is 1. The third-order valence-electron chi connectivity index (χ3n) is 5.30. The lowest BCUT2D eigenvalue weighted by atomic mass is 10.1. The van der Waals surface area contributed by atoms with Gasteiger partial charge in [0.25, 0.3) is 5.91 Å². The van der Waals surface area contributed by atoms with Crippen LogP contribution in [0, 0.1) is 11.6 Å². The van der Waals surface area contributed by atoms with Crippen LogP contribution in [0.2, 0.25) is 0 Å². The lowest BCUT2D eigenvalue weighted by Crippen LogP contribution is -2.45. The first kappa shape index (κ1) is 23.6. The summed E-state index contributed by atoms with van der Waals surface area (Å²) in [6.07, 6.45) is 3.75. The number of nitrogens with one attached hydrogen (secondary N) is 1. The molecule has 1 aliphatic heterocycles. The van der Waals surface area contributed by atoms with Gasteiger partial charge in [0.2, 0.25) is 15.9 Å². The highest BCUT2D eigenvalue weighted by Crippen LogP contribution is 2.25. The second kappa shape index (κ2) is 9.64. The Morgan fingerprint density at radius 2 is 1.69 bits per heavy atom. The van der Waals surface area contributed by atoms with Crippen LogP contribution >= 0.6 is 0 Å².